The van der Waals surface area contributed by atoms with Crippen molar-refractivity contribution in [3.8, 4) is 11.5 Å². The van der Waals surface area contributed by atoms with Crippen molar-refractivity contribution in [1.29, 1.82) is 0 Å². The third-order valence-electron chi connectivity index (χ3n) is 3.32. The number of ether oxygens (including phenoxy) is 2. The van der Waals surface area contributed by atoms with E-state index in [0.29, 0.717) is 18.1 Å². The van der Waals surface area contributed by atoms with E-state index >= 15 is 0 Å². The second-order valence-corrected chi connectivity index (χ2v) is 5.59. The van der Waals surface area contributed by atoms with Gasteiger partial charge in [0.1, 0.15) is 12.9 Å². The van der Waals surface area contributed by atoms with Gasteiger partial charge in [-0.1, -0.05) is 29.4 Å². The Morgan fingerprint density at radius 2 is 1.91 bits per heavy atom. The van der Waals surface area contributed by atoms with Crippen molar-refractivity contribution in [3.63, 3.8) is 0 Å². The first kappa shape index (κ1) is 18.8. The summed E-state index contributed by atoms with van der Waals surface area (Å²) in [7, 11) is 1.61. The summed E-state index contributed by atoms with van der Waals surface area (Å²) in [5, 5.41) is 0. The lowest BCUT2D eigenvalue weighted by atomic mass is 10.1. The number of hydrogen-bond acceptors (Lipinski definition) is 3. The highest BCUT2D eigenvalue weighted by atomic mass is 16.5. The molecule has 1 aromatic carbocycles. The topological polar surface area (TPSA) is 35.5 Å². The van der Waals surface area contributed by atoms with E-state index in [4.69, 9.17) is 9.47 Å². The zero-order valence-electron chi connectivity index (χ0n) is 14.5. The Balaban J connectivity index is 2.61. The molecule has 3 nitrogen and oxygen atoms in total. The van der Waals surface area contributed by atoms with Crippen LogP contribution in [0.2, 0.25) is 0 Å². The van der Waals surface area contributed by atoms with Crippen LogP contribution in [0.1, 0.15) is 39.2 Å². The van der Waals surface area contributed by atoms with Crippen molar-refractivity contribution < 1.29 is 14.3 Å². The first-order valence-corrected chi connectivity index (χ1v) is 7.78. The van der Waals surface area contributed by atoms with Gasteiger partial charge >= 0.3 is 0 Å². The molecule has 0 radical (unpaired) electrons. The minimum Gasteiger partial charge on any atom is -0.493 e. The summed E-state index contributed by atoms with van der Waals surface area (Å²) in [6, 6.07) is 5.60. The molecule has 0 spiro atoms. The molecule has 1 aromatic rings. The zero-order valence-corrected chi connectivity index (χ0v) is 14.5. The van der Waals surface area contributed by atoms with Gasteiger partial charge in [-0.3, -0.25) is 4.79 Å². The van der Waals surface area contributed by atoms with E-state index in [1.54, 1.807) is 13.2 Å². The van der Waals surface area contributed by atoms with Gasteiger partial charge in [-0.15, -0.1) is 0 Å². The fraction of sp³-hybridized carbons (Fsp3) is 0.350. The molecule has 0 N–H and O–H groups in total. The summed E-state index contributed by atoms with van der Waals surface area (Å²) in [4.78, 5) is 10.4. The molecule has 0 heterocycles. The monoisotopic (exact) mass is 314 g/mol. The zero-order chi connectivity index (χ0) is 17.1. The normalized spacial score (nSPS) is 11.4. The quantitative estimate of drug-likeness (QED) is 0.366. The summed E-state index contributed by atoms with van der Waals surface area (Å²) >= 11 is 0. The van der Waals surface area contributed by atoms with Gasteiger partial charge in [-0.05, 0) is 63.5 Å². The van der Waals surface area contributed by atoms with Crippen LogP contribution in [0.5, 0.6) is 11.5 Å². The Kier molecular flexibility index (Phi) is 8.51. The average Bonchev–Trinajstić information content (AvgIpc) is 2.53. The van der Waals surface area contributed by atoms with Crippen molar-refractivity contribution >= 4 is 12.4 Å². The number of aldehydes is 1. The van der Waals surface area contributed by atoms with Gasteiger partial charge in [0.25, 0.3) is 0 Å². The minimum atomic E-state index is 0.514. The summed E-state index contributed by atoms with van der Waals surface area (Å²) in [5.74, 6) is 1.36. The van der Waals surface area contributed by atoms with Crippen molar-refractivity contribution in [1.82, 2.24) is 0 Å². The molecule has 23 heavy (non-hydrogen) atoms. The van der Waals surface area contributed by atoms with Crippen molar-refractivity contribution in [2.45, 2.75) is 33.6 Å². The van der Waals surface area contributed by atoms with Gasteiger partial charge < -0.3 is 9.47 Å². The van der Waals surface area contributed by atoms with Gasteiger partial charge in [-0.2, -0.15) is 0 Å². The first-order chi connectivity index (χ1) is 11.1. The number of benzene rings is 1. The maximum atomic E-state index is 10.4. The van der Waals surface area contributed by atoms with Crippen LogP contribution in [0.15, 0.2) is 47.6 Å². The van der Waals surface area contributed by atoms with Gasteiger partial charge in [0.2, 0.25) is 0 Å². The SMILES string of the molecule is COc1cc(C=CC=O)ccc1OCC=C(C)CCC=C(C)C. The number of methoxy groups -OCH3 is 1. The fourth-order valence-corrected chi connectivity index (χ4v) is 2.02. The lowest BCUT2D eigenvalue weighted by molar-refractivity contribution is -0.104. The summed E-state index contributed by atoms with van der Waals surface area (Å²) in [6.07, 6.45) is 10.4. The minimum absolute atomic E-state index is 0.514. The van der Waals surface area contributed by atoms with E-state index < -0.39 is 0 Å². The standard InChI is InChI=1S/C20H26O3/c1-16(2)7-5-8-17(3)12-14-23-19-11-10-18(9-6-13-21)15-20(19)22-4/h6-7,9-13,15H,5,8,14H2,1-4H3. The Morgan fingerprint density at radius 3 is 2.57 bits per heavy atom. The third-order valence-corrected chi connectivity index (χ3v) is 3.32. The van der Waals surface area contributed by atoms with E-state index in [2.05, 4.69) is 32.9 Å². The molecule has 0 bridgehead atoms. The molecule has 0 aliphatic heterocycles. The van der Waals surface area contributed by atoms with Gasteiger partial charge in [0.05, 0.1) is 7.11 Å². The number of hydrogen-bond donors (Lipinski definition) is 0. The van der Waals surface area contributed by atoms with Crippen LogP contribution in [-0.2, 0) is 4.79 Å². The highest BCUT2D eigenvalue weighted by molar-refractivity contribution is 5.74. The summed E-state index contributed by atoms with van der Waals surface area (Å²) in [5.41, 5.74) is 3.56. The van der Waals surface area contributed by atoms with Crippen molar-refractivity contribution in [3.05, 3.63) is 53.1 Å². The summed E-state index contributed by atoms with van der Waals surface area (Å²) in [6.45, 7) is 6.86. The fourth-order valence-electron chi connectivity index (χ4n) is 2.02. The van der Waals surface area contributed by atoms with E-state index in [1.807, 2.05) is 18.2 Å². The molecule has 1 rings (SSSR count). The molecule has 0 unspecified atom stereocenters. The predicted octanol–water partition coefficient (Wildman–Crippen LogP) is 4.98. The van der Waals surface area contributed by atoms with Gasteiger partial charge in [0.15, 0.2) is 11.5 Å². The number of carbonyl (C=O) groups is 1. The molecule has 0 saturated carbocycles. The van der Waals surface area contributed by atoms with Gasteiger partial charge in [-0.25, -0.2) is 0 Å². The number of allylic oxidation sites excluding steroid dienone is 4. The van der Waals surface area contributed by atoms with Crippen LogP contribution >= 0.6 is 0 Å². The molecule has 0 aliphatic rings. The molecule has 0 aliphatic carbocycles. The van der Waals surface area contributed by atoms with Crippen LogP contribution < -0.4 is 9.47 Å². The van der Waals surface area contributed by atoms with E-state index in [-0.39, 0.29) is 0 Å². The van der Waals surface area contributed by atoms with E-state index in [9.17, 15) is 4.79 Å². The Hall–Kier alpha value is -2.29. The highest BCUT2D eigenvalue weighted by Crippen LogP contribution is 2.28. The maximum absolute atomic E-state index is 10.4. The Labute approximate surface area is 139 Å². The van der Waals surface area contributed by atoms with Crippen LogP contribution in [0, 0.1) is 0 Å². The lowest BCUT2D eigenvalue weighted by Gasteiger charge is -2.10. The molecule has 124 valence electrons. The highest BCUT2D eigenvalue weighted by Gasteiger charge is 2.04. The molecular formula is C20H26O3. The largest absolute Gasteiger partial charge is 0.493 e. The van der Waals surface area contributed by atoms with E-state index in [0.717, 1.165) is 24.7 Å². The molecule has 3 heteroatoms. The molecule has 0 atom stereocenters. The van der Waals surface area contributed by atoms with Gasteiger partial charge in [0, 0.05) is 0 Å². The molecular weight excluding hydrogens is 288 g/mol. The van der Waals surface area contributed by atoms with E-state index in [1.165, 1.54) is 17.2 Å². The maximum Gasteiger partial charge on any atom is 0.161 e. The smallest absolute Gasteiger partial charge is 0.161 e. The van der Waals surface area contributed by atoms with Crippen LogP contribution in [0.3, 0.4) is 0 Å². The molecule has 0 aromatic heterocycles. The summed E-state index contributed by atoms with van der Waals surface area (Å²) < 4.78 is 11.1. The lowest BCUT2D eigenvalue weighted by Crippen LogP contribution is -1.97. The van der Waals surface area contributed by atoms with Crippen LogP contribution in [0.4, 0.5) is 0 Å². The number of rotatable bonds is 9. The molecule has 0 fully saturated rings. The van der Waals surface area contributed by atoms with Crippen LogP contribution in [-0.4, -0.2) is 20.0 Å². The number of carbonyl (C=O) groups excluding carboxylic acids is 1. The molecule has 0 saturated heterocycles. The average molecular weight is 314 g/mol. The molecule has 0 amide bonds. The van der Waals surface area contributed by atoms with Crippen molar-refractivity contribution in [2.75, 3.05) is 13.7 Å². The second-order valence-electron chi connectivity index (χ2n) is 5.59. The Morgan fingerprint density at radius 1 is 1.13 bits per heavy atom. The second kappa shape index (κ2) is 10.4. The first-order valence-electron chi connectivity index (χ1n) is 7.78. The Bertz CT molecular complexity index is 591. The van der Waals surface area contributed by atoms with Crippen LogP contribution in [0.25, 0.3) is 6.08 Å². The van der Waals surface area contributed by atoms with Crippen molar-refractivity contribution in [2.24, 2.45) is 0 Å². The predicted molar refractivity (Wildman–Crippen MR) is 96.0 cm³/mol. The third kappa shape index (κ3) is 7.50.